The predicted molar refractivity (Wildman–Crippen MR) is 76.5 cm³/mol. The molecule has 3 unspecified atom stereocenters. The third-order valence-corrected chi connectivity index (χ3v) is 3.84. The van der Waals surface area contributed by atoms with Crippen molar-refractivity contribution in [1.29, 1.82) is 5.26 Å². The summed E-state index contributed by atoms with van der Waals surface area (Å²) >= 11 is 0. The van der Waals surface area contributed by atoms with E-state index in [4.69, 9.17) is 14.7 Å². The van der Waals surface area contributed by atoms with Crippen LogP contribution in [-0.4, -0.2) is 19.5 Å². The zero-order valence-electron chi connectivity index (χ0n) is 12.4. The molecule has 1 fully saturated rings. The SMILES string of the molecule is C=CC(C)(CCCC(C)C#N)COC1CCCCO1. The van der Waals surface area contributed by atoms with Crippen LogP contribution in [0.4, 0.5) is 0 Å². The molecule has 1 heterocycles. The molecule has 0 bridgehead atoms. The van der Waals surface area contributed by atoms with Gasteiger partial charge >= 0.3 is 0 Å². The molecule has 0 amide bonds. The predicted octanol–water partition coefficient (Wildman–Crippen LogP) is 4.05. The van der Waals surface area contributed by atoms with Gasteiger partial charge in [0.2, 0.25) is 0 Å². The molecule has 3 heteroatoms. The molecule has 1 saturated heterocycles. The second-order valence-electron chi connectivity index (χ2n) is 5.89. The third kappa shape index (κ3) is 6.22. The summed E-state index contributed by atoms with van der Waals surface area (Å²) in [7, 11) is 0. The van der Waals surface area contributed by atoms with Crippen molar-refractivity contribution in [3.05, 3.63) is 12.7 Å². The van der Waals surface area contributed by atoms with E-state index in [1.165, 1.54) is 6.42 Å². The fourth-order valence-electron chi connectivity index (χ4n) is 2.24. The largest absolute Gasteiger partial charge is 0.353 e. The molecule has 3 atom stereocenters. The maximum atomic E-state index is 8.78. The standard InChI is InChI=1S/C16H27NO2/c1-4-16(3,10-7-8-14(2)12-17)13-19-15-9-5-6-11-18-15/h4,14-15H,1,5-11,13H2,2-3H3. The van der Waals surface area contributed by atoms with Crippen LogP contribution in [0.3, 0.4) is 0 Å². The highest BCUT2D eigenvalue weighted by molar-refractivity contribution is 4.92. The first-order chi connectivity index (χ1) is 9.09. The fraction of sp³-hybridized carbons (Fsp3) is 0.812. The summed E-state index contributed by atoms with van der Waals surface area (Å²) in [5.74, 6) is 0.136. The normalized spacial score (nSPS) is 24.2. The maximum absolute atomic E-state index is 8.78. The summed E-state index contributed by atoms with van der Waals surface area (Å²) in [6.45, 7) is 9.53. The summed E-state index contributed by atoms with van der Waals surface area (Å²) < 4.78 is 11.4. The number of nitrogens with zero attached hydrogens (tertiary/aromatic N) is 1. The van der Waals surface area contributed by atoms with E-state index in [1.54, 1.807) is 0 Å². The van der Waals surface area contributed by atoms with Crippen molar-refractivity contribution < 1.29 is 9.47 Å². The lowest BCUT2D eigenvalue weighted by atomic mass is 9.85. The summed E-state index contributed by atoms with van der Waals surface area (Å²) in [6.07, 6.45) is 8.26. The quantitative estimate of drug-likeness (QED) is 0.622. The van der Waals surface area contributed by atoms with Gasteiger partial charge in [0.05, 0.1) is 12.7 Å². The number of rotatable bonds is 8. The van der Waals surface area contributed by atoms with Gasteiger partial charge in [0.25, 0.3) is 0 Å². The van der Waals surface area contributed by atoms with Crippen molar-refractivity contribution in [2.45, 2.75) is 58.7 Å². The third-order valence-electron chi connectivity index (χ3n) is 3.84. The smallest absolute Gasteiger partial charge is 0.157 e. The Morgan fingerprint density at radius 3 is 2.95 bits per heavy atom. The number of hydrogen-bond donors (Lipinski definition) is 0. The Labute approximate surface area is 117 Å². The van der Waals surface area contributed by atoms with Crippen molar-refractivity contribution in [3.8, 4) is 6.07 Å². The average molecular weight is 265 g/mol. The highest BCUT2D eigenvalue weighted by Crippen LogP contribution is 2.28. The molecule has 108 valence electrons. The molecule has 0 aromatic carbocycles. The Morgan fingerprint density at radius 2 is 2.37 bits per heavy atom. The van der Waals surface area contributed by atoms with E-state index in [1.807, 2.05) is 13.0 Å². The van der Waals surface area contributed by atoms with Crippen LogP contribution in [0.2, 0.25) is 0 Å². The van der Waals surface area contributed by atoms with E-state index in [0.29, 0.717) is 6.61 Å². The van der Waals surface area contributed by atoms with Crippen LogP contribution in [0.25, 0.3) is 0 Å². The lowest BCUT2D eigenvalue weighted by Crippen LogP contribution is -2.29. The molecule has 0 aromatic rings. The number of hydrogen-bond acceptors (Lipinski definition) is 3. The molecule has 0 spiro atoms. The summed E-state index contributed by atoms with van der Waals surface area (Å²) in [6, 6.07) is 2.28. The van der Waals surface area contributed by atoms with Gasteiger partial charge in [-0.15, -0.1) is 6.58 Å². The zero-order chi connectivity index (χ0) is 14.1. The summed E-state index contributed by atoms with van der Waals surface area (Å²) in [5.41, 5.74) is -0.0179. The van der Waals surface area contributed by atoms with Crippen molar-refractivity contribution in [3.63, 3.8) is 0 Å². The molecule has 1 rings (SSSR count). The van der Waals surface area contributed by atoms with Gasteiger partial charge in [0, 0.05) is 17.9 Å². The first-order valence-corrected chi connectivity index (χ1v) is 7.36. The Kier molecular flexibility index (Phi) is 7.12. The minimum atomic E-state index is -0.0361. The zero-order valence-corrected chi connectivity index (χ0v) is 12.4. The van der Waals surface area contributed by atoms with Crippen LogP contribution in [0, 0.1) is 22.7 Å². The van der Waals surface area contributed by atoms with E-state index in [-0.39, 0.29) is 17.6 Å². The lowest BCUT2D eigenvalue weighted by molar-refractivity contribution is -0.174. The molecule has 0 aliphatic carbocycles. The Morgan fingerprint density at radius 1 is 1.58 bits per heavy atom. The fourth-order valence-corrected chi connectivity index (χ4v) is 2.24. The van der Waals surface area contributed by atoms with Crippen molar-refractivity contribution in [2.75, 3.05) is 13.2 Å². The molecule has 1 aliphatic rings. The van der Waals surface area contributed by atoms with Crippen molar-refractivity contribution in [2.24, 2.45) is 11.3 Å². The van der Waals surface area contributed by atoms with Crippen LogP contribution >= 0.6 is 0 Å². The first-order valence-electron chi connectivity index (χ1n) is 7.36. The molecule has 1 aliphatic heterocycles. The van der Waals surface area contributed by atoms with Crippen LogP contribution in [0.15, 0.2) is 12.7 Å². The number of nitriles is 1. The van der Waals surface area contributed by atoms with Gasteiger partial charge in [-0.3, -0.25) is 0 Å². The minimum absolute atomic E-state index is 0.0179. The molecular formula is C16H27NO2. The molecular weight excluding hydrogens is 238 g/mol. The second-order valence-corrected chi connectivity index (χ2v) is 5.89. The molecule has 0 N–H and O–H groups in total. The van der Waals surface area contributed by atoms with Gasteiger partial charge in [-0.1, -0.05) is 19.4 Å². The molecule has 0 saturated carbocycles. The topological polar surface area (TPSA) is 42.2 Å². The van der Waals surface area contributed by atoms with Gasteiger partial charge in [0.1, 0.15) is 0 Å². The second kappa shape index (κ2) is 8.35. The Hall–Kier alpha value is -0.850. The highest BCUT2D eigenvalue weighted by Gasteiger charge is 2.24. The minimum Gasteiger partial charge on any atom is -0.353 e. The van der Waals surface area contributed by atoms with E-state index in [2.05, 4.69) is 19.6 Å². The van der Waals surface area contributed by atoms with E-state index in [0.717, 1.165) is 38.7 Å². The van der Waals surface area contributed by atoms with Gasteiger partial charge < -0.3 is 9.47 Å². The van der Waals surface area contributed by atoms with Gasteiger partial charge in [-0.2, -0.15) is 5.26 Å². The van der Waals surface area contributed by atoms with Crippen molar-refractivity contribution >= 4 is 0 Å². The molecule has 0 radical (unpaired) electrons. The van der Waals surface area contributed by atoms with Crippen LogP contribution < -0.4 is 0 Å². The first kappa shape index (κ1) is 16.2. The van der Waals surface area contributed by atoms with E-state index < -0.39 is 0 Å². The van der Waals surface area contributed by atoms with Gasteiger partial charge in [-0.05, 0) is 39.0 Å². The van der Waals surface area contributed by atoms with Crippen LogP contribution in [0.1, 0.15) is 52.4 Å². The van der Waals surface area contributed by atoms with Crippen molar-refractivity contribution in [1.82, 2.24) is 0 Å². The molecule has 0 aromatic heterocycles. The highest BCUT2D eigenvalue weighted by atomic mass is 16.7. The lowest BCUT2D eigenvalue weighted by Gasteiger charge is -2.30. The van der Waals surface area contributed by atoms with E-state index >= 15 is 0 Å². The van der Waals surface area contributed by atoms with Gasteiger partial charge in [0.15, 0.2) is 6.29 Å². The van der Waals surface area contributed by atoms with E-state index in [9.17, 15) is 0 Å². The van der Waals surface area contributed by atoms with Gasteiger partial charge in [-0.25, -0.2) is 0 Å². The Balaban J connectivity index is 2.28. The maximum Gasteiger partial charge on any atom is 0.157 e. The monoisotopic (exact) mass is 265 g/mol. The molecule has 3 nitrogen and oxygen atoms in total. The van der Waals surface area contributed by atoms with Crippen LogP contribution in [0.5, 0.6) is 0 Å². The summed E-state index contributed by atoms with van der Waals surface area (Å²) in [5, 5.41) is 8.78. The number of ether oxygens (including phenoxy) is 2. The summed E-state index contributed by atoms with van der Waals surface area (Å²) in [4.78, 5) is 0. The Bertz CT molecular complexity index is 304. The molecule has 19 heavy (non-hydrogen) atoms. The average Bonchev–Trinajstić information content (AvgIpc) is 2.46. The van der Waals surface area contributed by atoms with Crippen LogP contribution in [-0.2, 0) is 9.47 Å².